The van der Waals surface area contributed by atoms with E-state index in [1.807, 2.05) is 0 Å². The van der Waals surface area contributed by atoms with E-state index in [2.05, 4.69) is 0 Å². The lowest BCUT2D eigenvalue weighted by molar-refractivity contribution is -0.348. The van der Waals surface area contributed by atoms with Gasteiger partial charge in [-0.25, -0.2) is 0 Å². The fraction of sp³-hybridized carbons (Fsp3) is 1.00. The van der Waals surface area contributed by atoms with E-state index in [9.17, 15) is 40.9 Å². The molecule has 3 fully saturated rings. The first-order chi connectivity index (χ1) is 16.0. The van der Waals surface area contributed by atoms with Crippen molar-refractivity contribution < 1.29 is 64.5 Å². The minimum absolute atomic E-state index is 0.651. The van der Waals surface area contributed by atoms with Crippen molar-refractivity contribution in [1.29, 1.82) is 0 Å². The smallest absolute Gasteiger partial charge is 0.176 e. The molecule has 0 radical (unpaired) electrons. The van der Waals surface area contributed by atoms with Crippen molar-refractivity contribution in [2.24, 2.45) is 17.2 Å². The highest BCUT2D eigenvalue weighted by molar-refractivity contribution is 4.98. The molecule has 200 valence electrons. The molecule has 16 nitrogen and oxygen atoms in total. The van der Waals surface area contributed by atoms with E-state index < -0.39 is 112 Å². The van der Waals surface area contributed by atoms with Gasteiger partial charge in [0.2, 0.25) is 0 Å². The summed E-state index contributed by atoms with van der Waals surface area (Å²) in [6.07, 6.45) is -16.8. The van der Waals surface area contributed by atoms with E-state index in [-0.39, 0.29) is 0 Å². The molecule has 15 atom stereocenters. The Bertz CT molecular complexity index is 646. The maximum absolute atomic E-state index is 10.8. The Hall–Kier alpha value is -0.640. The largest absolute Gasteiger partial charge is 0.394 e. The number of ether oxygens (including phenoxy) is 5. The summed E-state index contributed by atoms with van der Waals surface area (Å²) >= 11 is 0. The van der Waals surface area contributed by atoms with Gasteiger partial charge in [0.25, 0.3) is 0 Å². The zero-order chi connectivity index (χ0) is 25.3. The highest BCUT2D eigenvalue weighted by atomic mass is 16.7. The van der Waals surface area contributed by atoms with Crippen molar-refractivity contribution in [2.75, 3.05) is 19.8 Å². The molecule has 3 aliphatic rings. The zero-order valence-corrected chi connectivity index (χ0v) is 18.1. The van der Waals surface area contributed by atoms with Crippen LogP contribution in [0.15, 0.2) is 0 Å². The average molecular weight is 501 g/mol. The van der Waals surface area contributed by atoms with Crippen LogP contribution in [-0.4, -0.2) is 153 Å². The first-order valence-electron chi connectivity index (χ1n) is 10.8. The Morgan fingerprint density at radius 2 is 0.941 bits per heavy atom. The molecule has 14 N–H and O–H groups in total. The van der Waals surface area contributed by atoms with E-state index in [0.717, 1.165) is 0 Å². The van der Waals surface area contributed by atoms with E-state index in [1.165, 1.54) is 0 Å². The van der Waals surface area contributed by atoms with Crippen LogP contribution in [0.4, 0.5) is 0 Å². The van der Waals surface area contributed by atoms with Crippen molar-refractivity contribution in [3.8, 4) is 0 Å². The fourth-order valence-electron chi connectivity index (χ4n) is 4.18. The second-order valence-electron chi connectivity index (χ2n) is 8.59. The average Bonchev–Trinajstić information content (AvgIpc) is 2.83. The van der Waals surface area contributed by atoms with Gasteiger partial charge in [0.15, 0.2) is 18.9 Å². The van der Waals surface area contributed by atoms with Crippen LogP contribution in [0.1, 0.15) is 0 Å². The maximum atomic E-state index is 10.8. The number of aliphatic hydroxyl groups excluding tert-OH is 8. The van der Waals surface area contributed by atoms with Gasteiger partial charge in [-0.05, 0) is 0 Å². The minimum atomic E-state index is -1.56. The predicted molar refractivity (Wildman–Crippen MR) is 107 cm³/mol. The maximum Gasteiger partial charge on any atom is 0.176 e. The highest BCUT2D eigenvalue weighted by Gasteiger charge is 2.52. The molecular weight excluding hydrogens is 466 g/mol. The Morgan fingerprint density at radius 1 is 0.529 bits per heavy atom. The molecule has 0 saturated carbocycles. The van der Waals surface area contributed by atoms with Crippen LogP contribution in [0.3, 0.4) is 0 Å². The molecule has 34 heavy (non-hydrogen) atoms. The van der Waals surface area contributed by atoms with E-state index in [1.54, 1.807) is 0 Å². The van der Waals surface area contributed by atoms with Crippen LogP contribution in [0.5, 0.6) is 0 Å². The second-order valence-corrected chi connectivity index (χ2v) is 8.59. The lowest BCUT2D eigenvalue weighted by Gasteiger charge is -2.48. The molecule has 3 heterocycles. The van der Waals surface area contributed by atoms with E-state index in [4.69, 9.17) is 40.9 Å². The minimum Gasteiger partial charge on any atom is -0.394 e. The number of hydrogen-bond donors (Lipinski definition) is 11. The fourth-order valence-corrected chi connectivity index (χ4v) is 4.18. The molecule has 16 heteroatoms. The molecule has 3 aliphatic heterocycles. The van der Waals surface area contributed by atoms with Crippen molar-refractivity contribution in [2.45, 2.75) is 91.9 Å². The molecule has 0 spiro atoms. The SMILES string of the molecule is N[C@H]1[C@H](OC2[C@@H](CO)O[C@@H](OC3[C@@H](CO)O[C@@H](O)[C@H](N)[C@H]3O)[C@H](N)[C@H]2O)O[C@H](CO)[C@@H](O)[C@@H]1O. The molecule has 2 unspecified atom stereocenters. The van der Waals surface area contributed by atoms with E-state index >= 15 is 0 Å². The summed E-state index contributed by atoms with van der Waals surface area (Å²) in [5.41, 5.74) is 17.6. The van der Waals surface area contributed by atoms with Crippen LogP contribution in [-0.2, 0) is 23.7 Å². The molecule has 0 aromatic rings. The zero-order valence-electron chi connectivity index (χ0n) is 18.1. The molecule has 3 saturated heterocycles. The van der Waals surface area contributed by atoms with Crippen LogP contribution in [0.25, 0.3) is 0 Å². The summed E-state index contributed by atoms with van der Waals surface area (Å²) in [5, 5.41) is 79.6. The third-order valence-electron chi connectivity index (χ3n) is 6.33. The van der Waals surface area contributed by atoms with Crippen LogP contribution in [0.2, 0.25) is 0 Å². The molecule has 0 aromatic heterocycles. The first-order valence-corrected chi connectivity index (χ1v) is 10.8. The molecular formula is C18H35N3O13. The predicted octanol–water partition coefficient (Wildman–Crippen LogP) is -7.67. The van der Waals surface area contributed by atoms with Gasteiger partial charge in [0, 0.05) is 0 Å². The van der Waals surface area contributed by atoms with Gasteiger partial charge in [-0.1, -0.05) is 0 Å². The Labute approximate surface area is 194 Å². The van der Waals surface area contributed by atoms with Crippen molar-refractivity contribution in [3.05, 3.63) is 0 Å². The van der Waals surface area contributed by atoms with Crippen LogP contribution in [0, 0.1) is 0 Å². The summed E-state index contributed by atoms with van der Waals surface area (Å²) in [6.45, 7) is -2.00. The highest BCUT2D eigenvalue weighted by Crippen LogP contribution is 2.30. The number of hydrogen-bond acceptors (Lipinski definition) is 16. The number of nitrogens with two attached hydrogens (primary N) is 3. The van der Waals surface area contributed by atoms with Gasteiger partial charge in [-0.15, -0.1) is 0 Å². The lowest BCUT2D eigenvalue weighted by Crippen LogP contribution is -2.69. The van der Waals surface area contributed by atoms with Gasteiger partial charge < -0.3 is 81.7 Å². The first kappa shape index (κ1) is 27.9. The monoisotopic (exact) mass is 501 g/mol. The van der Waals surface area contributed by atoms with E-state index in [0.29, 0.717) is 0 Å². The summed E-state index contributed by atoms with van der Waals surface area (Å²) in [4.78, 5) is 0. The Kier molecular flexibility index (Phi) is 9.54. The molecule has 0 aromatic carbocycles. The summed E-state index contributed by atoms with van der Waals surface area (Å²) in [6, 6.07) is -3.87. The lowest BCUT2D eigenvalue weighted by atomic mass is 9.94. The summed E-state index contributed by atoms with van der Waals surface area (Å²) < 4.78 is 27.4. The normalized spacial score (nSPS) is 52.5. The third-order valence-corrected chi connectivity index (χ3v) is 6.33. The summed E-state index contributed by atoms with van der Waals surface area (Å²) in [5.74, 6) is 0. The van der Waals surface area contributed by atoms with Gasteiger partial charge in [-0.2, -0.15) is 0 Å². The molecule has 3 rings (SSSR count). The van der Waals surface area contributed by atoms with Crippen molar-refractivity contribution >= 4 is 0 Å². The summed E-state index contributed by atoms with van der Waals surface area (Å²) in [7, 11) is 0. The molecule has 0 bridgehead atoms. The van der Waals surface area contributed by atoms with Gasteiger partial charge in [0.05, 0.1) is 37.9 Å². The topological polar surface area (TPSA) is 286 Å². The van der Waals surface area contributed by atoms with Crippen molar-refractivity contribution in [1.82, 2.24) is 0 Å². The van der Waals surface area contributed by atoms with Crippen LogP contribution >= 0.6 is 0 Å². The number of aliphatic hydroxyl groups is 8. The van der Waals surface area contributed by atoms with Gasteiger partial charge in [-0.3, -0.25) is 0 Å². The third kappa shape index (κ3) is 5.37. The standard InChI is InChI=1S/C18H35N3O13/c19-7-12(27)14(5(2-23)30-16(7)29)33-18-9(21)13(28)15(6(3-24)32-18)34-17-8(20)11(26)10(25)4(1-22)31-17/h4-18,22-29H,1-3,19-21H2/t4-,5-,6-,7-,8-,9-,10-,11-,12-,13-,14?,15?,16-,17+,18+/m1/s1. The molecule has 0 aliphatic carbocycles. The van der Waals surface area contributed by atoms with Crippen molar-refractivity contribution in [3.63, 3.8) is 0 Å². The Balaban J connectivity index is 1.72. The quantitative estimate of drug-likeness (QED) is 0.154. The van der Waals surface area contributed by atoms with Gasteiger partial charge in [0.1, 0.15) is 54.9 Å². The van der Waals surface area contributed by atoms with Crippen LogP contribution < -0.4 is 17.2 Å². The van der Waals surface area contributed by atoms with Gasteiger partial charge >= 0.3 is 0 Å². The Morgan fingerprint density at radius 3 is 1.44 bits per heavy atom. The second kappa shape index (κ2) is 11.6. The number of rotatable bonds is 7. The molecule has 0 amide bonds.